The first-order valence-electron chi connectivity index (χ1n) is 7.50. The summed E-state index contributed by atoms with van der Waals surface area (Å²) in [6, 6.07) is -2.30. The maximum absolute atomic E-state index is 14.1. The first-order valence-corrected chi connectivity index (χ1v) is 12.6. The van der Waals surface area contributed by atoms with Gasteiger partial charge in [-0.25, -0.2) is 0 Å². The fourth-order valence-electron chi connectivity index (χ4n) is 2.12. The third-order valence-electron chi connectivity index (χ3n) is 4.20. The van der Waals surface area contributed by atoms with Crippen molar-refractivity contribution in [1.29, 1.82) is 0 Å². The van der Waals surface area contributed by atoms with Crippen LogP contribution in [0.1, 0.15) is 23.6 Å². The first kappa shape index (κ1) is 28.4. The molecule has 0 spiro atoms. The lowest BCUT2D eigenvalue weighted by Crippen LogP contribution is -2.69. The smallest absolute Gasteiger partial charge is 0.194 e. The van der Waals surface area contributed by atoms with Gasteiger partial charge in [0.25, 0.3) is 0 Å². The van der Waals surface area contributed by atoms with Gasteiger partial charge in [-0.05, 0) is 5.56 Å². The summed E-state index contributed by atoms with van der Waals surface area (Å²) >= 11 is 17.0. The molecule has 1 atom stereocenters. The Kier molecular flexibility index (Phi) is 7.35. The summed E-state index contributed by atoms with van der Waals surface area (Å²) in [7, 11) is 0. The summed E-state index contributed by atoms with van der Waals surface area (Å²) in [4.78, 5) is 0. The Bertz CT molecular complexity index is 784. The number of hydrogen-bond donors (Lipinski definition) is 0. The molecule has 180 valence electrons. The van der Waals surface area contributed by atoms with Crippen molar-refractivity contribution in [3.63, 3.8) is 0 Å². The summed E-state index contributed by atoms with van der Waals surface area (Å²) in [5.41, 5.74) is -3.11. The molecule has 0 radical (unpaired) electrons. The van der Waals surface area contributed by atoms with Gasteiger partial charge in [0.15, 0.2) is 0 Å². The average Bonchev–Trinajstić information content (AvgIpc) is 2.58. The zero-order valence-electron chi connectivity index (χ0n) is 14.4. The van der Waals surface area contributed by atoms with E-state index in [1.807, 2.05) is 0 Å². The van der Waals surface area contributed by atoms with Crippen molar-refractivity contribution in [3.05, 3.63) is 35.4 Å². The van der Waals surface area contributed by atoms with Crippen molar-refractivity contribution in [3.8, 4) is 0 Å². The number of halogens is 16. The van der Waals surface area contributed by atoms with Gasteiger partial charge in [-0.2, -0.15) is 57.1 Å². The minimum absolute atomic E-state index is 0.0284. The molecule has 1 unspecified atom stereocenters. The second kappa shape index (κ2) is 8.01. The predicted octanol–water partition coefficient (Wildman–Crippen LogP) is 8.18. The highest BCUT2D eigenvalue weighted by atomic mass is 35.8. The molecule has 0 fully saturated rings. The number of alkyl halides is 13. The second-order valence-corrected chi connectivity index (χ2v) is 15.3. The van der Waals surface area contributed by atoms with Crippen LogP contribution in [-0.2, 0) is 5.92 Å². The van der Waals surface area contributed by atoms with Crippen molar-refractivity contribution >= 4 is 39.2 Å². The molecule has 0 bridgehead atoms. The second-order valence-electron chi connectivity index (χ2n) is 6.26. The minimum Gasteiger partial charge on any atom is -0.194 e. The van der Waals surface area contributed by atoms with Gasteiger partial charge in [-0.1, -0.05) is 31.2 Å². The third kappa shape index (κ3) is 4.45. The zero-order chi connectivity index (χ0) is 25.1. The van der Waals surface area contributed by atoms with Crippen LogP contribution in [0.15, 0.2) is 24.3 Å². The van der Waals surface area contributed by atoms with Gasteiger partial charge in [0.2, 0.25) is 0 Å². The Morgan fingerprint density at radius 3 is 1.29 bits per heavy atom. The summed E-state index contributed by atoms with van der Waals surface area (Å²) in [5, 5.41) is 0. The van der Waals surface area contributed by atoms with E-state index in [-0.39, 0.29) is 17.7 Å². The normalized spacial score (nSPS) is 16.4. The largest absolute Gasteiger partial charge is 0.460 e. The number of rotatable bonds is 7. The Balaban J connectivity index is 3.50. The van der Waals surface area contributed by atoms with Gasteiger partial charge in [0, 0.05) is 11.1 Å². The van der Waals surface area contributed by atoms with Crippen molar-refractivity contribution < 1.29 is 57.1 Å². The van der Waals surface area contributed by atoms with Crippen LogP contribution in [0.4, 0.5) is 57.1 Å². The van der Waals surface area contributed by atoms with Crippen LogP contribution < -0.4 is 0 Å². The van der Waals surface area contributed by atoms with Crippen molar-refractivity contribution in [2.45, 2.75) is 48.3 Å². The zero-order valence-corrected chi connectivity index (χ0v) is 17.7. The molecule has 0 heterocycles. The molecule has 0 aromatic heterocycles. The van der Waals surface area contributed by atoms with E-state index in [4.69, 9.17) is 33.2 Å². The quantitative estimate of drug-likeness (QED) is 0.180. The summed E-state index contributed by atoms with van der Waals surface area (Å²) in [6.07, 6.45) is -7.45. The van der Waals surface area contributed by atoms with E-state index >= 15 is 0 Å². The monoisotopic (exact) mass is 556 g/mol. The number of benzene rings is 1. The van der Waals surface area contributed by atoms with E-state index in [0.717, 1.165) is 0 Å². The van der Waals surface area contributed by atoms with Gasteiger partial charge in [-0.15, -0.1) is 33.2 Å². The highest BCUT2D eigenvalue weighted by Gasteiger charge is 2.90. The predicted molar refractivity (Wildman–Crippen MR) is 87.9 cm³/mol. The van der Waals surface area contributed by atoms with Gasteiger partial charge < -0.3 is 0 Å². The standard InChI is InChI=1S/C14H8Cl3F13Si/c1-6(31(15,16)17)7-2-4-8(5-3-7)9(18,19)10(20,21)11(22,23)12(24,25)13(26,27)14(28,29)30/h2-6H,1H3. The molecule has 0 aliphatic heterocycles. The molecular weight excluding hydrogens is 550 g/mol. The average molecular weight is 558 g/mol. The number of hydrogen-bond acceptors (Lipinski definition) is 0. The van der Waals surface area contributed by atoms with Crippen molar-refractivity contribution in [1.82, 2.24) is 0 Å². The molecule has 1 aromatic carbocycles. The molecule has 0 nitrogen and oxygen atoms in total. The van der Waals surface area contributed by atoms with Crippen molar-refractivity contribution in [2.24, 2.45) is 0 Å². The minimum atomic E-state index is -7.94. The molecule has 1 aromatic rings. The highest BCUT2D eigenvalue weighted by Crippen LogP contribution is 2.62. The van der Waals surface area contributed by atoms with Gasteiger partial charge in [0.05, 0.1) is 0 Å². The Labute approximate surface area is 180 Å². The van der Waals surface area contributed by atoms with Crippen LogP contribution in [0.5, 0.6) is 0 Å². The molecule has 0 saturated heterocycles. The van der Waals surface area contributed by atoms with Crippen LogP contribution >= 0.6 is 33.2 Å². The molecule has 0 amide bonds. The van der Waals surface area contributed by atoms with E-state index in [1.54, 1.807) is 0 Å². The summed E-state index contributed by atoms with van der Waals surface area (Å²) in [6.45, 7) is 1.27. The Morgan fingerprint density at radius 2 is 0.968 bits per heavy atom. The van der Waals surface area contributed by atoms with Crippen molar-refractivity contribution in [2.75, 3.05) is 0 Å². The lowest BCUT2D eigenvalue weighted by atomic mass is 9.90. The van der Waals surface area contributed by atoms with Crippen LogP contribution in [0.3, 0.4) is 0 Å². The van der Waals surface area contributed by atoms with E-state index in [9.17, 15) is 57.1 Å². The maximum atomic E-state index is 14.1. The van der Waals surface area contributed by atoms with Gasteiger partial charge >= 0.3 is 41.8 Å². The van der Waals surface area contributed by atoms with E-state index < -0.39 is 52.9 Å². The van der Waals surface area contributed by atoms with E-state index in [2.05, 4.69) is 0 Å². The Hall–Kier alpha value is -0.603. The highest BCUT2D eigenvalue weighted by molar-refractivity contribution is 7.65. The summed E-state index contributed by atoms with van der Waals surface area (Å²) < 4.78 is 171. The summed E-state index contributed by atoms with van der Waals surface area (Å²) in [5.74, 6) is -37.3. The molecule has 31 heavy (non-hydrogen) atoms. The van der Waals surface area contributed by atoms with E-state index in [1.165, 1.54) is 6.92 Å². The lowest BCUT2D eigenvalue weighted by Gasteiger charge is -2.39. The SMILES string of the molecule is CC(c1ccc(C(F)(F)C(F)(F)C(F)(F)C(F)(F)C(F)(F)C(F)(F)F)cc1)[Si](Cl)(Cl)Cl. The molecular formula is C14H8Cl3F13Si. The topological polar surface area (TPSA) is 0 Å². The van der Waals surface area contributed by atoms with Gasteiger partial charge in [0.1, 0.15) is 0 Å². The molecule has 17 heteroatoms. The molecule has 0 saturated carbocycles. The fourth-order valence-corrected chi connectivity index (χ4v) is 3.83. The molecule has 0 aliphatic carbocycles. The maximum Gasteiger partial charge on any atom is 0.460 e. The Morgan fingerprint density at radius 1 is 0.613 bits per heavy atom. The van der Waals surface area contributed by atoms with Crippen LogP contribution in [0.2, 0.25) is 0 Å². The van der Waals surface area contributed by atoms with E-state index in [0.29, 0.717) is 12.1 Å². The first-order chi connectivity index (χ1) is 13.4. The molecule has 0 N–H and O–H groups in total. The molecule has 0 aliphatic rings. The lowest BCUT2D eigenvalue weighted by molar-refractivity contribution is -0.441. The van der Waals surface area contributed by atoms with Crippen LogP contribution in [0, 0.1) is 0 Å². The fraction of sp³-hybridized carbons (Fsp3) is 0.571. The van der Waals surface area contributed by atoms with Crippen LogP contribution in [-0.4, -0.2) is 35.9 Å². The molecule has 1 rings (SSSR count). The van der Waals surface area contributed by atoms with Gasteiger partial charge in [-0.3, -0.25) is 0 Å². The third-order valence-corrected chi connectivity index (χ3v) is 8.46. The van der Waals surface area contributed by atoms with Crippen LogP contribution in [0.25, 0.3) is 0 Å².